The molecule has 0 saturated carbocycles. The van der Waals surface area contributed by atoms with E-state index in [1.54, 1.807) is 43.4 Å². The van der Waals surface area contributed by atoms with Crippen LogP contribution in [0.25, 0.3) is 11.0 Å². The van der Waals surface area contributed by atoms with Gasteiger partial charge in [-0.05, 0) is 49.2 Å². The van der Waals surface area contributed by atoms with Crippen molar-refractivity contribution in [1.82, 2.24) is 4.90 Å². The third-order valence-corrected chi connectivity index (χ3v) is 5.97. The van der Waals surface area contributed by atoms with Crippen LogP contribution in [-0.4, -0.2) is 44.8 Å². The maximum Gasteiger partial charge on any atom is 0.290 e. The summed E-state index contributed by atoms with van der Waals surface area (Å²) in [5.41, 5.74) is 1.25. The Labute approximate surface area is 194 Å². The molecule has 7 nitrogen and oxygen atoms in total. The summed E-state index contributed by atoms with van der Waals surface area (Å²) in [6, 6.07) is 10.1. The number of methoxy groups -OCH3 is 2. The van der Waals surface area contributed by atoms with Gasteiger partial charge in [-0.3, -0.25) is 9.59 Å². The van der Waals surface area contributed by atoms with Crippen LogP contribution < -0.4 is 14.9 Å². The monoisotopic (exact) mass is 501 g/mol. The van der Waals surface area contributed by atoms with Crippen molar-refractivity contribution in [1.29, 1.82) is 0 Å². The van der Waals surface area contributed by atoms with E-state index in [4.69, 9.17) is 18.6 Å². The predicted octanol–water partition coefficient (Wildman–Crippen LogP) is 4.54. The molecule has 1 atom stereocenters. The molecular weight excluding hydrogens is 478 g/mol. The molecule has 1 unspecified atom stereocenters. The van der Waals surface area contributed by atoms with Crippen LogP contribution >= 0.6 is 15.9 Å². The fraction of sp³-hybridized carbons (Fsp3) is 0.333. The van der Waals surface area contributed by atoms with Crippen LogP contribution in [0.15, 0.2) is 50.1 Å². The summed E-state index contributed by atoms with van der Waals surface area (Å²) >= 11 is 3.41. The van der Waals surface area contributed by atoms with Gasteiger partial charge in [-0.15, -0.1) is 0 Å². The average molecular weight is 502 g/mol. The molecule has 1 amide bonds. The zero-order valence-electron chi connectivity index (χ0n) is 18.1. The van der Waals surface area contributed by atoms with E-state index in [0.717, 1.165) is 10.0 Å². The van der Waals surface area contributed by atoms with Crippen molar-refractivity contribution in [2.75, 3.05) is 34.0 Å². The van der Waals surface area contributed by atoms with Crippen LogP contribution in [0, 0.1) is 0 Å². The lowest BCUT2D eigenvalue weighted by Gasteiger charge is -2.25. The Morgan fingerprint density at radius 2 is 1.91 bits per heavy atom. The van der Waals surface area contributed by atoms with Gasteiger partial charge in [-0.2, -0.15) is 0 Å². The Bertz CT molecular complexity index is 1220. The molecule has 0 spiro atoms. The standard InChI is InChI=1S/C24H24BrNO6/c1-4-31-18-8-6-14(12-19(18)30-3)21-20-22(27)16-13-15(25)7-9-17(16)32-23(20)24(28)26(21)10-5-11-29-2/h6-9,12-13,21H,4-5,10-11H2,1-3H3. The van der Waals surface area contributed by atoms with E-state index in [0.29, 0.717) is 54.2 Å². The molecule has 3 aromatic rings. The molecule has 0 bridgehead atoms. The number of rotatable bonds is 8. The molecule has 1 aliphatic heterocycles. The molecule has 168 valence electrons. The molecule has 2 aromatic carbocycles. The highest BCUT2D eigenvalue weighted by Gasteiger charge is 2.42. The molecule has 1 aliphatic rings. The van der Waals surface area contributed by atoms with Gasteiger partial charge >= 0.3 is 0 Å². The molecule has 1 aromatic heterocycles. The topological polar surface area (TPSA) is 78.2 Å². The first-order valence-electron chi connectivity index (χ1n) is 10.4. The minimum Gasteiger partial charge on any atom is -0.493 e. The smallest absolute Gasteiger partial charge is 0.290 e. The summed E-state index contributed by atoms with van der Waals surface area (Å²) in [6.07, 6.45) is 0.625. The highest BCUT2D eigenvalue weighted by molar-refractivity contribution is 9.10. The number of hydrogen-bond donors (Lipinski definition) is 0. The molecular formula is C24H24BrNO6. The number of hydrogen-bond acceptors (Lipinski definition) is 6. The molecule has 0 fully saturated rings. The van der Waals surface area contributed by atoms with Gasteiger partial charge in [0.2, 0.25) is 5.76 Å². The third kappa shape index (κ3) is 3.89. The van der Waals surface area contributed by atoms with Crippen molar-refractivity contribution in [2.24, 2.45) is 0 Å². The second-order valence-electron chi connectivity index (χ2n) is 7.41. The second kappa shape index (κ2) is 9.34. The first-order chi connectivity index (χ1) is 15.5. The molecule has 4 rings (SSSR count). The Morgan fingerprint density at radius 1 is 1.09 bits per heavy atom. The largest absolute Gasteiger partial charge is 0.493 e. The number of carbonyl (C=O) groups excluding carboxylic acids is 1. The van der Waals surface area contributed by atoms with Gasteiger partial charge in [0.05, 0.1) is 30.7 Å². The van der Waals surface area contributed by atoms with Crippen LogP contribution in [0.2, 0.25) is 0 Å². The van der Waals surface area contributed by atoms with Gasteiger partial charge in [-0.25, -0.2) is 0 Å². The van der Waals surface area contributed by atoms with E-state index < -0.39 is 6.04 Å². The summed E-state index contributed by atoms with van der Waals surface area (Å²) in [5, 5.41) is 0.424. The van der Waals surface area contributed by atoms with Gasteiger partial charge in [0.25, 0.3) is 5.91 Å². The maximum absolute atomic E-state index is 13.6. The predicted molar refractivity (Wildman–Crippen MR) is 124 cm³/mol. The van der Waals surface area contributed by atoms with E-state index >= 15 is 0 Å². The van der Waals surface area contributed by atoms with Crippen LogP contribution in [-0.2, 0) is 4.74 Å². The SMILES string of the molecule is CCOc1ccc(C2c3c(oc4ccc(Br)cc4c3=O)C(=O)N2CCCOC)cc1OC. The van der Waals surface area contributed by atoms with Gasteiger partial charge in [0, 0.05) is 24.7 Å². The highest BCUT2D eigenvalue weighted by atomic mass is 79.9. The summed E-state index contributed by atoms with van der Waals surface area (Å²) in [7, 11) is 3.18. The van der Waals surface area contributed by atoms with E-state index in [1.807, 2.05) is 19.1 Å². The first kappa shape index (κ1) is 22.4. The minimum absolute atomic E-state index is 0.0834. The Morgan fingerprint density at radius 3 is 2.62 bits per heavy atom. The number of nitrogens with zero attached hydrogens (tertiary/aromatic N) is 1. The van der Waals surface area contributed by atoms with Gasteiger partial charge in [0.1, 0.15) is 5.58 Å². The van der Waals surface area contributed by atoms with Crippen molar-refractivity contribution < 1.29 is 23.4 Å². The van der Waals surface area contributed by atoms with Crippen LogP contribution in [0.4, 0.5) is 0 Å². The third-order valence-electron chi connectivity index (χ3n) is 5.48. The lowest BCUT2D eigenvalue weighted by atomic mass is 9.98. The molecule has 0 saturated heterocycles. The van der Waals surface area contributed by atoms with Crippen LogP contribution in [0.1, 0.15) is 41.1 Å². The molecule has 2 heterocycles. The average Bonchev–Trinajstić information content (AvgIpc) is 3.07. The zero-order chi connectivity index (χ0) is 22.8. The summed E-state index contributed by atoms with van der Waals surface area (Å²) in [4.78, 5) is 28.6. The normalized spacial score (nSPS) is 15.3. The van der Waals surface area contributed by atoms with Gasteiger partial charge < -0.3 is 23.5 Å². The summed E-state index contributed by atoms with van der Waals surface area (Å²) < 4.78 is 23.0. The minimum atomic E-state index is -0.599. The maximum atomic E-state index is 13.6. The van der Waals surface area contributed by atoms with Gasteiger partial charge in [0.15, 0.2) is 16.9 Å². The van der Waals surface area contributed by atoms with E-state index in [2.05, 4.69) is 15.9 Å². The van der Waals surface area contributed by atoms with Crippen LogP contribution in [0.3, 0.4) is 0 Å². The molecule has 0 aliphatic carbocycles. The summed E-state index contributed by atoms with van der Waals surface area (Å²) in [6.45, 7) is 3.30. The number of carbonyl (C=O) groups is 1. The number of benzene rings is 2. The molecule has 8 heteroatoms. The Kier molecular flexibility index (Phi) is 6.53. The van der Waals surface area contributed by atoms with Crippen LogP contribution in [0.5, 0.6) is 11.5 Å². The molecule has 0 N–H and O–H groups in total. The summed E-state index contributed by atoms with van der Waals surface area (Å²) in [5.74, 6) is 0.912. The van der Waals surface area contributed by atoms with Crippen molar-refractivity contribution in [3.8, 4) is 11.5 Å². The number of fused-ring (bicyclic) bond motifs is 2. The van der Waals surface area contributed by atoms with Crippen molar-refractivity contribution in [3.05, 3.63) is 68.0 Å². The Balaban J connectivity index is 1.90. The fourth-order valence-electron chi connectivity index (χ4n) is 4.08. The molecule has 0 radical (unpaired) electrons. The van der Waals surface area contributed by atoms with E-state index in [1.165, 1.54) is 0 Å². The van der Waals surface area contributed by atoms with Crippen molar-refractivity contribution in [2.45, 2.75) is 19.4 Å². The second-order valence-corrected chi connectivity index (χ2v) is 8.32. The van der Waals surface area contributed by atoms with Gasteiger partial charge in [-0.1, -0.05) is 22.0 Å². The van der Waals surface area contributed by atoms with Crippen molar-refractivity contribution in [3.63, 3.8) is 0 Å². The zero-order valence-corrected chi connectivity index (χ0v) is 19.7. The van der Waals surface area contributed by atoms with E-state index in [9.17, 15) is 9.59 Å². The lowest BCUT2D eigenvalue weighted by molar-refractivity contribution is 0.0707. The van der Waals surface area contributed by atoms with Crippen molar-refractivity contribution >= 4 is 32.8 Å². The first-order valence-corrected chi connectivity index (χ1v) is 11.2. The van der Waals surface area contributed by atoms with E-state index in [-0.39, 0.29) is 17.1 Å². The molecule has 32 heavy (non-hydrogen) atoms. The number of amides is 1. The highest BCUT2D eigenvalue weighted by Crippen LogP contribution is 2.41. The quantitative estimate of drug-likeness (QED) is 0.421. The fourth-order valence-corrected chi connectivity index (χ4v) is 4.44. The Hall–Kier alpha value is -2.84. The number of halogens is 1. The number of ether oxygens (including phenoxy) is 3. The lowest BCUT2D eigenvalue weighted by Crippen LogP contribution is -2.31.